The van der Waals surface area contributed by atoms with Gasteiger partial charge in [0.1, 0.15) is 0 Å². The molecule has 2 aromatic rings. The minimum atomic E-state index is -3.24. The SMILES string of the molecule is O=C(c1ccc(CS(=O)(=O)Cc2ccccc2)cc1)N1CCCCCC1. The van der Waals surface area contributed by atoms with E-state index in [0.717, 1.165) is 31.5 Å². The van der Waals surface area contributed by atoms with Gasteiger partial charge in [0.15, 0.2) is 9.84 Å². The van der Waals surface area contributed by atoms with Gasteiger partial charge in [-0.25, -0.2) is 8.42 Å². The zero-order chi connectivity index (χ0) is 18.4. The Balaban J connectivity index is 1.64. The van der Waals surface area contributed by atoms with E-state index in [0.29, 0.717) is 11.1 Å². The Morgan fingerprint density at radius 2 is 1.31 bits per heavy atom. The highest BCUT2D eigenvalue weighted by Gasteiger charge is 2.18. The summed E-state index contributed by atoms with van der Waals surface area (Å²) >= 11 is 0. The molecule has 1 saturated heterocycles. The van der Waals surface area contributed by atoms with Crippen LogP contribution in [0.1, 0.15) is 47.2 Å². The van der Waals surface area contributed by atoms with Gasteiger partial charge in [-0.1, -0.05) is 55.3 Å². The van der Waals surface area contributed by atoms with Gasteiger partial charge < -0.3 is 4.90 Å². The highest BCUT2D eigenvalue weighted by molar-refractivity contribution is 7.89. The van der Waals surface area contributed by atoms with Gasteiger partial charge >= 0.3 is 0 Å². The number of rotatable bonds is 5. The standard InChI is InChI=1S/C21H25NO3S/c23-21(22-14-6-1-2-7-15-22)20-12-10-19(11-13-20)17-26(24,25)16-18-8-4-3-5-9-18/h3-5,8-13H,1-2,6-7,14-17H2. The van der Waals surface area contributed by atoms with Crippen LogP contribution in [0, 0.1) is 0 Å². The molecule has 138 valence electrons. The second kappa shape index (κ2) is 8.49. The van der Waals surface area contributed by atoms with E-state index in [1.54, 1.807) is 24.3 Å². The summed E-state index contributed by atoms with van der Waals surface area (Å²) in [7, 11) is -3.24. The molecule has 0 saturated carbocycles. The van der Waals surface area contributed by atoms with Crippen LogP contribution in [-0.4, -0.2) is 32.3 Å². The quantitative estimate of drug-likeness (QED) is 0.803. The van der Waals surface area contributed by atoms with E-state index in [1.165, 1.54) is 12.8 Å². The van der Waals surface area contributed by atoms with Crippen molar-refractivity contribution in [3.63, 3.8) is 0 Å². The Labute approximate surface area is 155 Å². The van der Waals surface area contributed by atoms with Crippen molar-refractivity contribution in [3.05, 3.63) is 71.3 Å². The molecule has 3 rings (SSSR count). The fourth-order valence-corrected chi connectivity index (χ4v) is 4.84. The Hall–Kier alpha value is -2.14. The summed E-state index contributed by atoms with van der Waals surface area (Å²) in [4.78, 5) is 14.5. The van der Waals surface area contributed by atoms with Crippen LogP contribution in [0.4, 0.5) is 0 Å². The van der Waals surface area contributed by atoms with Gasteiger partial charge in [-0.2, -0.15) is 0 Å². The molecule has 26 heavy (non-hydrogen) atoms. The molecule has 0 aliphatic carbocycles. The van der Waals surface area contributed by atoms with E-state index < -0.39 is 9.84 Å². The smallest absolute Gasteiger partial charge is 0.253 e. The summed E-state index contributed by atoms with van der Waals surface area (Å²) in [5.41, 5.74) is 2.14. The molecule has 0 spiro atoms. The first-order valence-corrected chi connectivity index (χ1v) is 11.0. The summed E-state index contributed by atoms with van der Waals surface area (Å²) in [6, 6.07) is 16.2. The third-order valence-electron chi connectivity index (χ3n) is 4.71. The summed E-state index contributed by atoms with van der Waals surface area (Å²) in [6.07, 6.45) is 4.48. The molecule has 1 fully saturated rings. The molecule has 1 heterocycles. The summed E-state index contributed by atoms with van der Waals surface area (Å²) in [6.45, 7) is 1.62. The molecular weight excluding hydrogens is 346 g/mol. The molecule has 1 aliphatic rings. The number of benzene rings is 2. The Morgan fingerprint density at radius 1 is 0.769 bits per heavy atom. The lowest BCUT2D eigenvalue weighted by Gasteiger charge is -2.20. The van der Waals surface area contributed by atoms with Crippen LogP contribution in [0.25, 0.3) is 0 Å². The Morgan fingerprint density at radius 3 is 1.88 bits per heavy atom. The van der Waals surface area contributed by atoms with Crippen LogP contribution in [0.15, 0.2) is 54.6 Å². The molecule has 0 bridgehead atoms. The zero-order valence-corrected chi connectivity index (χ0v) is 15.7. The number of nitrogens with zero attached hydrogens (tertiary/aromatic N) is 1. The maximum Gasteiger partial charge on any atom is 0.253 e. The number of sulfone groups is 1. The second-order valence-electron chi connectivity index (χ2n) is 6.92. The van der Waals surface area contributed by atoms with Crippen molar-refractivity contribution in [2.24, 2.45) is 0 Å². The van der Waals surface area contributed by atoms with E-state index in [-0.39, 0.29) is 17.4 Å². The van der Waals surface area contributed by atoms with Crippen LogP contribution >= 0.6 is 0 Å². The van der Waals surface area contributed by atoms with Gasteiger partial charge in [-0.15, -0.1) is 0 Å². The first-order valence-electron chi connectivity index (χ1n) is 9.16. The largest absolute Gasteiger partial charge is 0.339 e. The van der Waals surface area contributed by atoms with E-state index in [9.17, 15) is 13.2 Å². The van der Waals surface area contributed by atoms with Crippen molar-refractivity contribution < 1.29 is 13.2 Å². The minimum Gasteiger partial charge on any atom is -0.339 e. The van der Waals surface area contributed by atoms with Crippen molar-refractivity contribution in [1.29, 1.82) is 0 Å². The lowest BCUT2D eigenvalue weighted by atomic mass is 10.1. The first kappa shape index (κ1) is 18.6. The lowest BCUT2D eigenvalue weighted by Crippen LogP contribution is -2.31. The number of hydrogen-bond donors (Lipinski definition) is 0. The van der Waals surface area contributed by atoms with Gasteiger partial charge in [0.25, 0.3) is 5.91 Å². The molecule has 0 atom stereocenters. The molecule has 0 unspecified atom stereocenters. The molecule has 2 aromatic carbocycles. The van der Waals surface area contributed by atoms with E-state index >= 15 is 0 Å². The predicted octanol–water partition coefficient (Wildman–Crippen LogP) is 3.82. The van der Waals surface area contributed by atoms with Gasteiger partial charge in [-0.05, 0) is 36.1 Å². The fourth-order valence-electron chi connectivity index (χ4n) is 3.33. The molecule has 1 aliphatic heterocycles. The first-order chi connectivity index (χ1) is 12.5. The molecule has 5 heteroatoms. The van der Waals surface area contributed by atoms with E-state index in [2.05, 4.69) is 0 Å². The third-order valence-corrected chi connectivity index (χ3v) is 6.26. The fraction of sp³-hybridized carbons (Fsp3) is 0.381. The van der Waals surface area contributed by atoms with Crippen molar-refractivity contribution >= 4 is 15.7 Å². The molecule has 0 N–H and O–H groups in total. The monoisotopic (exact) mass is 371 g/mol. The topological polar surface area (TPSA) is 54.5 Å². The van der Waals surface area contributed by atoms with Gasteiger partial charge in [0, 0.05) is 18.7 Å². The number of likely N-dealkylation sites (tertiary alicyclic amines) is 1. The summed E-state index contributed by atoms with van der Waals surface area (Å²) in [5, 5.41) is 0. The average Bonchev–Trinajstić information content (AvgIpc) is 2.91. The van der Waals surface area contributed by atoms with Crippen LogP contribution in [0.5, 0.6) is 0 Å². The Bertz CT molecular complexity index is 821. The maximum atomic E-state index is 12.6. The van der Waals surface area contributed by atoms with Crippen molar-refractivity contribution in [2.75, 3.05) is 13.1 Å². The number of amides is 1. The predicted molar refractivity (Wildman–Crippen MR) is 104 cm³/mol. The summed E-state index contributed by atoms with van der Waals surface area (Å²) < 4.78 is 24.8. The third kappa shape index (κ3) is 5.18. The van der Waals surface area contributed by atoms with Crippen LogP contribution in [-0.2, 0) is 21.3 Å². The molecule has 0 aromatic heterocycles. The molecular formula is C21H25NO3S. The van der Waals surface area contributed by atoms with Gasteiger partial charge in [0.05, 0.1) is 11.5 Å². The normalized spacial score (nSPS) is 15.5. The second-order valence-corrected chi connectivity index (χ2v) is 8.99. The van der Waals surface area contributed by atoms with Gasteiger partial charge in [-0.3, -0.25) is 4.79 Å². The molecule has 0 radical (unpaired) electrons. The number of carbonyl (C=O) groups excluding carboxylic acids is 1. The van der Waals surface area contributed by atoms with Crippen molar-refractivity contribution in [1.82, 2.24) is 4.90 Å². The number of carbonyl (C=O) groups is 1. The van der Waals surface area contributed by atoms with Crippen molar-refractivity contribution in [3.8, 4) is 0 Å². The van der Waals surface area contributed by atoms with Crippen LogP contribution in [0.3, 0.4) is 0 Å². The highest BCUT2D eigenvalue weighted by atomic mass is 32.2. The summed E-state index contributed by atoms with van der Waals surface area (Å²) in [5.74, 6) is 0.0631. The number of hydrogen-bond acceptors (Lipinski definition) is 3. The molecule has 4 nitrogen and oxygen atoms in total. The maximum absolute atomic E-state index is 12.6. The zero-order valence-electron chi connectivity index (χ0n) is 14.9. The average molecular weight is 372 g/mol. The van der Waals surface area contributed by atoms with Crippen LogP contribution < -0.4 is 0 Å². The van der Waals surface area contributed by atoms with Crippen LogP contribution in [0.2, 0.25) is 0 Å². The van der Waals surface area contributed by atoms with E-state index in [1.807, 2.05) is 35.2 Å². The Kier molecular flexibility index (Phi) is 6.09. The van der Waals surface area contributed by atoms with E-state index in [4.69, 9.17) is 0 Å². The molecule has 1 amide bonds. The highest BCUT2D eigenvalue weighted by Crippen LogP contribution is 2.16. The van der Waals surface area contributed by atoms with Crippen molar-refractivity contribution in [2.45, 2.75) is 37.2 Å². The minimum absolute atomic E-state index is 0.0138. The lowest BCUT2D eigenvalue weighted by molar-refractivity contribution is 0.0761. The van der Waals surface area contributed by atoms with Gasteiger partial charge in [0.2, 0.25) is 0 Å².